The van der Waals surface area contributed by atoms with E-state index in [4.69, 9.17) is 39.2 Å². The van der Waals surface area contributed by atoms with Gasteiger partial charge in [0.05, 0.1) is 67.4 Å². The molecule has 1 aliphatic rings. The summed E-state index contributed by atoms with van der Waals surface area (Å²) in [5, 5.41) is 9.04. The van der Waals surface area contributed by atoms with Crippen molar-refractivity contribution in [3.63, 3.8) is 0 Å². The normalized spacial score (nSPS) is 13.4. The number of rotatable bonds is 9. The quantitative estimate of drug-likeness (QED) is 0.104. The van der Waals surface area contributed by atoms with Crippen LogP contribution in [0, 0.1) is 0 Å². The van der Waals surface area contributed by atoms with Crippen molar-refractivity contribution in [1.82, 2.24) is 29.9 Å². The lowest BCUT2D eigenvalue weighted by Gasteiger charge is -2.32. The van der Waals surface area contributed by atoms with Crippen LogP contribution in [0.3, 0.4) is 0 Å². The van der Waals surface area contributed by atoms with Crippen molar-refractivity contribution in [3.05, 3.63) is 297 Å². The number of hydrogen-bond donors (Lipinski definition) is 0. The lowest BCUT2D eigenvalue weighted by Crippen LogP contribution is -2.41. The number of hydrogen-bond acceptors (Lipinski definition) is 8. The van der Waals surface area contributed by atoms with Gasteiger partial charge in [0.25, 0.3) is 0 Å². The van der Waals surface area contributed by atoms with Crippen molar-refractivity contribution in [1.29, 1.82) is 0 Å². The standard InChI is InChI=1S/C50H32N4.C34H29BN2O2/c1-4-12-35(13-5-1)43-30-29-42-45(51-43)31-28-41-40-18-10-11-19-44(40)52-49(48(41)42)38-26-22-34(23-27-38)33-20-24-37(25-21-33)47-32-46(36-14-6-2-7-15-36)53-50(54-47)39-16-8-3-9-17-39;1-33(2)34(3,4)39-35(38-33)24-16-14-23(15-17-24)32-31-26(25-12-8-9-13-29(25)37-32)18-21-30-27(31)19-20-28(36-30)22-10-6-5-7-11-22/h1-32H;5-21H,1-4H3. The van der Waals surface area contributed by atoms with Gasteiger partial charge in [0.15, 0.2) is 5.82 Å². The lowest BCUT2D eigenvalue weighted by molar-refractivity contribution is 0.00578. The molecule has 0 radical (unpaired) electrons. The minimum Gasteiger partial charge on any atom is -0.399 e. The molecule has 0 spiro atoms. The highest BCUT2D eigenvalue weighted by atomic mass is 16.7. The summed E-state index contributed by atoms with van der Waals surface area (Å²) in [6, 6.07) is 103. The van der Waals surface area contributed by atoms with Crippen LogP contribution in [0.15, 0.2) is 297 Å². The first-order valence-corrected chi connectivity index (χ1v) is 31.6. The third kappa shape index (κ3) is 10.7. The molecule has 11 aromatic carbocycles. The van der Waals surface area contributed by atoms with Crippen LogP contribution < -0.4 is 5.46 Å². The summed E-state index contributed by atoms with van der Waals surface area (Å²) in [5.74, 6) is 0.710. The van der Waals surface area contributed by atoms with Gasteiger partial charge in [0.1, 0.15) is 0 Å². The summed E-state index contributed by atoms with van der Waals surface area (Å²) in [6.45, 7) is 8.31. The predicted molar refractivity (Wildman–Crippen MR) is 384 cm³/mol. The minimum absolute atomic E-state index is 0.378. The molecule has 5 aromatic heterocycles. The molecular formula is C84H61BN6O2. The molecule has 93 heavy (non-hydrogen) atoms. The van der Waals surface area contributed by atoms with Gasteiger partial charge in [-0.05, 0) is 110 Å². The first-order chi connectivity index (χ1) is 45.6. The van der Waals surface area contributed by atoms with Gasteiger partial charge in [-0.15, -0.1) is 0 Å². The average molecular weight is 1200 g/mol. The van der Waals surface area contributed by atoms with Crippen LogP contribution in [0.2, 0.25) is 0 Å². The summed E-state index contributed by atoms with van der Waals surface area (Å²) < 4.78 is 12.6. The first kappa shape index (κ1) is 56.8. The molecule has 17 rings (SSSR count). The van der Waals surface area contributed by atoms with Crippen molar-refractivity contribution in [2.75, 3.05) is 0 Å². The zero-order valence-corrected chi connectivity index (χ0v) is 51.9. The molecule has 0 bridgehead atoms. The fourth-order valence-electron chi connectivity index (χ4n) is 12.8. The highest BCUT2D eigenvalue weighted by molar-refractivity contribution is 6.62. The summed E-state index contributed by atoms with van der Waals surface area (Å²) in [4.78, 5) is 30.6. The Morgan fingerprint density at radius 3 is 1.02 bits per heavy atom. The van der Waals surface area contributed by atoms with Crippen molar-refractivity contribution >= 4 is 77.7 Å². The van der Waals surface area contributed by atoms with Crippen molar-refractivity contribution in [2.24, 2.45) is 0 Å². The second kappa shape index (κ2) is 23.5. The number of aromatic nitrogens is 6. The van der Waals surface area contributed by atoms with Crippen LogP contribution >= 0.6 is 0 Å². The minimum atomic E-state index is -0.396. The van der Waals surface area contributed by atoms with E-state index in [0.29, 0.717) is 5.82 Å². The largest absolute Gasteiger partial charge is 0.494 e. The average Bonchev–Trinajstić information content (AvgIpc) is 1.39. The molecule has 6 heterocycles. The second-order valence-corrected chi connectivity index (χ2v) is 24.7. The van der Waals surface area contributed by atoms with E-state index in [1.165, 1.54) is 10.8 Å². The van der Waals surface area contributed by atoms with E-state index >= 15 is 0 Å². The van der Waals surface area contributed by atoms with E-state index in [2.05, 4.69) is 258 Å². The topological polar surface area (TPSA) is 95.8 Å². The Hall–Kier alpha value is -11.4. The van der Waals surface area contributed by atoms with E-state index in [0.717, 1.165) is 144 Å². The zero-order chi connectivity index (χ0) is 62.6. The fraction of sp³-hybridized carbons (Fsp3) is 0.0714. The summed E-state index contributed by atoms with van der Waals surface area (Å²) in [6.07, 6.45) is 0. The van der Waals surface area contributed by atoms with Crippen LogP contribution in [0.1, 0.15) is 27.7 Å². The maximum absolute atomic E-state index is 6.28. The van der Waals surface area contributed by atoms with Gasteiger partial charge in [-0.3, -0.25) is 0 Å². The molecule has 0 saturated carbocycles. The Morgan fingerprint density at radius 1 is 0.247 bits per heavy atom. The van der Waals surface area contributed by atoms with Gasteiger partial charge in [-0.25, -0.2) is 29.9 Å². The highest BCUT2D eigenvalue weighted by Gasteiger charge is 2.51. The molecule has 16 aromatic rings. The van der Waals surface area contributed by atoms with Gasteiger partial charge in [-0.2, -0.15) is 0 Å². The predicted octanol–water partition coefficient (Wildman–Crippen LogP) is 20.3. The summed E-state index contributed by atoms with van der Waals surface area (Å²) in [5.41, 5.74) is 19.4. The lowest BCUT2D eigenvalue weighted by atomic mass is 9.78. The Bertz CT molecular complexity index is 5410. The smallest absolute Gasteiger partial charge is 0.399 e. The third-order valence-electron chi connectivity index (χ3n) is 18.4. The van der Waals surface area contributed by atoms with Gasteiger partial charge in [0, 0.05) is 71.3 Å². The Morgan fingerprint density at radius 2 is 0.581 bits per heavy atom. The van der Waals surface area contributed by atoms with Crippen molar-refractivity contribution < 1.29 is 9.31 Å². The van der Waals surface area contributed by atoms with Gasteiger partial charge < -0.3 is 9.31 Å². The summed E-state index contributed by atoms with van der Waals surface area (Å²) in [7, 11) is -0.396. The summed E-state index contributed by atoms with van der Waals surface area (Å²) >= 11 is 0. The number of fused-ring (bicyclic) bond motifs is 10. The van der Waals surface area contributed by atoms with Gasteiger partial charge >= 0.3 is 7.12 Å². The third-order valence-corrected chi connectivity index (χ3v) is 18.4. The van der Waals surface area contributed by atoms with Crippen LogP contribution in [0.25, 0.3) is 155 Å². The van der Waals surface area contributed by atoms with E-state index < -0.39 is 7.12 Å². The monoisotopic (exact) mass is 1200 g/mol. The molecular weight excluding hydrogens is 1140 g/mol. The molecule has 1 saturated heterocycles. The van der Waals surface area contributed by atoms with Crippen LogP contribution in [-0.4, -0.2) is 48.2 Å². The van der Waals surface area contributed by atoms with Crippen LogP contribution in [-0.2, 0) is 9.31 Å². The molecule has 1 aliphatic heterocycles. The number of nitrogens with zero attached hydrogens (tertiary/aromatic N) is 6. The molecule has 9 heteroatoms. The second-order valence-electron chi connectivity index (χ2n) is 24.7. The molecule has 0 unspecified atom stereocenters. The van der Waals surface area contributed by atoms with Crippen molar-refractivity contribution in [2.45, 2.75) is 38.9 Å². The Balaban J connectivity index is 0.000000156. The highest BCUT2D eigenvalue weighted by Crippen LogP contribution is 2.42. The molecule has 8 nitrogen and oxygen atoms in total. The van der Waals surface area contributed by atoms with E-state index in [-0.39, 0.29) is 11.2 Å². The SMILES string of the molecule is CC1(C)OB(c2ccc(-c3nc4ccccc4c4ccc5nc(-c6ccccc6)ccc5c34)cc2)OC1(C)C.c1ccc(-c2cc(-c3ccc(-c4ccc(-c5nc6ccccc6c6ccc7nc(-c8ccccc8)ccc7c56)cc4)cc3)nc(-c3ccccc3)n2)cc1. The molecule has 0 aliphatic carbocycles. The maximum Gasteiger partial charge on any atom is 0.494 e. The molecule has 442 valence electrons. The Kier molecular flexibility index (Phi) is 14.3. The molecule has 0 atom stereocenters. The molecule has 0 amide bonds. The maximum atomic E-state index is 6.28. The number of benzene rings is 11. The van der Waals surface area contributed by atoms with E-state index in [1.54, 1.807) is 0 Å². The molecule has 0 N–H and O–H groups in total. The zero-order valence-electron chi connectivity index (χ0n) is 51.9. The van der Waals surface area contributed by atoms with Gasteiger partial charge in [0.2, 0.25) is 0 Å². The number of para-hydroxylation sites is 2. The number of pyridine rings is 4. The molecule has 1 fully saturated rings. The van der Waals surface area contributed by atoms with E-state index in [1.807, 2.05) is 66.7 Å². The van der Waals surface area contributed by atoms with Crippen LogP contribution in [0.5, 0.6) is 0 Å². The first-order valence-electron chi connectivity index (χ1n) is 31.6. The fourth-order valence-corrected chi connectivity index (χ4v) is 12.8. The van der Waals surface area contributed by atoms with Crippen molar-refractivity contribution in [3.8, 4) is 90.1 Å². The van der Waals surface area contributed by atoms with Gasteiger partial charge in [-0.1, -0.05) is 243 Å². The van der Waals surface area contributed by atoms with E-state index in [9.17, 15) is 0 Å². The Labute approximate surface area is 540 Å². The van der Waals surface area contributed by atoms with Crippen LogP contribution in [0.4, 0.5) is 0 Å².